The number of nitrogens with two attached hydrogens (primary N) is 7. The molecule has 105 heavy (non-hydrogen) atoms. The van der Waals surface area contributed by atoms with Crippen LogP contribution < -0.4 is 40.1 Å². The molecule has 0 saturated heterocycles. The summed E-state index contributed by atoms with van der Waals surface area (Å²) in [7, 11) is 1.21. The molecule has 0 saturated carbocycles. The first-order valence-corrected chi connectivity index (χ1v) is 31.3. The number of methoxy groups -OCH3 is 1. The zero-order valence-corrected chi connectivity index (χ0v) is 59.3. The van der Waals surface area contributed by atoms with Gasteiger partial charge in [-0.1, -0.05) is 6.07 Å². The third kappa shape index (κ3) is 20.8. The molecule has 5 heterocycles. The number of primary amides is 4. The number of hydrogen-bond acceptors (Lipinski definition) is 20. The Hall–Kier alpha value is -14.1. The Labute approximate surface area is 606 Å². The van der Waals surface area contributed by atoms with Gasteiger partial charge in [-0.3, -0.25) is 59.6 Å². The number of rotatable bonds is 11. The molecular weight excluding hydrogens is 1480 g/mol. The second-order valence-electron chi connectivity index (χ2n) is 22.7. The van der Waals surface area contributed by atoms with Gasteiger partial charge in [0.1, 0.15) is 5.78 Å². The van der Waals surface area contributed by atoms with Crippen LogP contribution in [-0.2, 0) is 9.53 Å². The van der Waals surface area contributed by atoms with E-state index in [4.69, 9.17) is 50.3 Å². The number of nitrogen functional groups attached to an aromatic ring is 3. The minimum atomic E-state index is -1.20. The molecule has 5 aromatic heterocycles. The number of nitro benzene ring substituents is 4. The van der Waals surface area contributed by atoms with Gasteiger partial charge in [0.25, 0.3) is 46.4 Å². The molecule has 0 atom stereocenters. The molecule has 0 aliphatic carbocycles. The molecule has 21 N–H and O–H groups in total. The summed E-state index contributed by atoms with van der Waals surface area (Å²) in [5.41, 5.74) is 48.1. The molecule has 0 aliphatic rings. The summed E-state index contributed by atoms with van der Waals surface area (Å²) >= 11 is 2.24. The van der Waals surface area contributed by atoms with Gasteiger partial charge in [-0.25, -0.2) is 14.4 Å². The van der Waals surface area contributed by atoms with Crippen molar-refractivity contribution in [1.29, 1.82) is 0 Å². The van der Waals surface area contributed by atoms with Crippen LogP contribution in [-0.4, -0.2) is 109 Å². The standard InChI is InChI=1S/C11H12N2O.C10H9IN2O.C10H9N3O3.C10H11N3O.C10H8N2O4.C8H8N2O4.C7H6N2O4.C3H6O/c1-6-3-4-8(11(12)14)10-9(6)5-7(2)13-10;1-5-4-7-8(11)3-2-6(10(12)14)9(7)13-5;1-5-4-7-8(13(15)16)3-2-6(10(11)14)9(7)12-5;1-5-4-7-8(11)3-2-6(10(12)14)9(7)13-5;1-5-4-7-8(12(15)16)3-2-6(10(13)14)9(7)11-5;1-14-8(11)6-3-2-5(10(12)13)4-7(6)9;8-6-3-4(9(12)13)1-2-5(6)7(10)11;1-3(2)4/h3-5,13H,1-2H3,(H2,12,14);2-4,13H,1H3,(H2,12,14);2-4,12H,1H3,(H2,11,14);2-4,13H,11H2,1H3,(H2,12,14);2-4,11H,1H3,(H,13,14);2-4H,9H2,1H3;1-3H,8H2,(H,10,11);1-2H3. The number of halogens is 1. The van der Waals surface area contributed by atoms with Gasteiger partial charge in [-0.15, -0.1) is 0 Å². The number of H-pyrrole nitrogens is 5. The number of amides is 4. The molecule has 12 rings (SSSR count). The lowest BCUT2D eigenvalue weighted by atomic mass is 10.1. The lowest BCUT2D eigenvalue weighted by Gasteiger charge is -2.02. The van der Waals surface area contributed by atoms with Crippen LogP contribution in [0.15, 0.2) is 127 Å². The number of aromatic amines is 5. The van der Waals surface area contributed by atoms with Crippen molar-refractivity contribution < 1.29 is 73.0 Å². The van der Waals surface area contributed by atoms with Crippen molar-refractivity contribution in [2.75, 3.05) is 24.3 Å². The number of ether oxygens (including phenoxy) is 1. The van der Waals surface area contributed by atoms with E-state index in [2.05, 4.69) is 52.2 Å². The van der Waals surface area contributed by atoms with E-state index in [1.54, 1.807) is 50.2 Å². The topological polar surface area (TPSA) is 620 Å². The number of ketones is 1. The quantitative estimate of drug-likeness (QED) is 0.0188. The van der Waals surface area contributed by atoms with Crippen molar-refractivity contribution in [3.63, 3.8) is 0 Å². The molecule has 0 spiro atoms. The number of benzene rings is 7. The Kier molecular flexibility index (Phi) is 27.4. The Balaban J connectivity index is 0.000000218. The number of aromatic nitrogens is 5. The molecule has 0 unspecified atom stereocenters. The van der Waals surface area contributed by atoms with Crippen molar-refractivity contribution in [3.8, 4) is 0 Å². The number of carboxylic acid groups (broad SMARTS) is 2. The minimum Gasteiger partial charge on any atom is -0.478 e. The molecule has 0 bridgehead atoms. The Morgan fingerprint density at radius 2 is 0.676 bits per heavy atom. The molecule has 7 aromatic carbocycles. The number of fused-ring (bicyclic) bond motifs is 5. The fourth-order valence-electron chi connectivity index (χ4n) is 10.0. The highest BCUT2D eigenvalue weighted by atomic mass is 127. The largest absolute Gasteiger partial charge is 0.478 e. The Morgan fingerprint density at radius 3 is 1.04 bits per heavy atom. The van der Waals surface area contributed by atoms with Crippen molar-refractivity contribution in [2.24, 2.45) is 22.9 Å². The first-order chi connectivity index (χ1) is 49.1. The summed E-state index contributed by atoms with van der Waals surface area (Å²) in [6, 6.07) is 31.7. The van der Waals surface area contributed by atoms with Crippen LogP contribution in [0.4, 0.5) is 39.8 Å². The van der Waals surface area contributed by atoms with Crippen LogP contribution in [0.1, 0.15) is 120 Å². The number of Topliss-reactive ketones (excluding diaryl/α,β-unsaturated/α-hetero) is 1. The van der Waals surface area contributed by atoms with Gasteiger partial charge >= 0.3 is 17.9 Å². The van der Waals surface area contributed by atoms with Crippen molar-refractivity contribution in [1.82, 2.24) is 24.9 Å². The minimum absolute atomic E-state index is 0.0334. The molecule has 0 aliphatic heterocycles. The van der Waals surface area contributed by atoms with Crippen LogP contribution in [0.2, 0.25) is 0 Å². The predicted octanol–water partition coefficient (Wildman–Crippen LogP) is 11.2. The predicted molar refractivity (Wildman–Crippen MR) is 401 cm³/mol. The summed E-state index contributed by atoms with van der Waals surface area (Å²) in [6.45, 7) is 14.4. The highest BCUT2D eigenvalue weighted by molar-refractivity contribution is 14.1. The maximum atomic E-state index is 11.1. The van der Waals surface area contributed by atoms with Crippen LogP contribution >= 0.6 is 22.6 Å². The van der Waals surface area contributed by atoms with E-state index in [9.17, 15) is 78.8 Å². The van der Waals surface area contributed by atoms with E-state index in [0.29, 0.717) is 49.9 Å². The van der Waals surface area contributed by atoms with E-state index in [1.165, 1.54) is 57.4 Å². The van der Waals surface area contributed by atoms with E-state index in [1.807, 2.05) is 58.0 Å². The smallest absolute Gasteiger partial charge is 0.339 e. The second kappa shape index (κ2) is 35.3. The molecule has 4 amide bonds. The average molecular weight is 1550 g/mol. The Bertz CT molecular complexity index is 5010. The SMILES string of the molecule is CC(C)=O.COC(=O)c1ccc([N+](=O)[O-])cc1N.Cc1cc2c(C)ccc(C(N)=O)c2[nH]1.Cc1cc2c(I)ccc(C(N)=O)c2[nH]1.Cc1cc2c(N)ccc(C(N)=O)c2[nH]1.Cc1cc2c([N+](=O)[O-])ccc(C(=O)O)c2[nH]1.Cc1cc2c([N+](=O)[O-])ccc(C(N)=O)c2[nH]1.Nc1cc([N+](=O)[O-])ccc1C(=O)O. The highest BCUT2D eigenvalue weighted by Gasteiger charge is 2.22. The van der Waals surface area contributed by atoms with E-state index in [0.717, 1.165) is 88.9 Å². The van der Waals surface area contributed by atoms with E-state index in [-0.39, 0.29) is 62.2 Å². The molecule has 0 fully saturated rings. The number of hydrogen-bond donors (Lipinski definition) is 14. The zero-order chi connectivity index (χ0) is 78.9. The molecule has 12 aromatic rings. The number of anilines is 3. The maximum absolute atomic E-state index is 11.1. The molecular formula is C69H69IN16O19. The number of nitrogens with one attached hydrogen (secondary N) is 5. The number of nitrogens with zero attached hydrogens (tertiary/aromatic N) is 4. The van der Waals surface area contributed by atoms with E-state index < -0.39 is 61.2 Å². The summed E-state index contributed by atoms with van der Waals surface area (Å²) in [5, 5.41) is 63.3. The monoisotopic (exact) mass is 1550 g/mol. The van der Waals surface area contributed by atoms with Crippen LogP contribution in [0.5, 0.6) is 0 Å². The van der Waals surface area contributed by atoms with Gasteiger partial charge in [0.15, 0.2) is 0 Å². The normalized spacial score (nSPS) is 10.2. The summed E-state index contributed by atoms with van der Waals surface area (Å²) in [6.07, 6.45) is 0. The number of nitro groups is 4. The average Bonchev–Trinajstić information content (AvgIpc) is 1.69. The van der Waals surface area contributed by atoms with Crippen LogP contribution in [0.25, 0.3) is 54.5 Å². The third-order valence-electron chi connectivity index (χ3n) is 14.6. The lowest BCUT2D eigenvalue weighted by molar-refractivity contribution is -0.385. The fraction of sp³-hybridized carbons (Fsp3) is 0.130. The van der Waals surface area contributed by atoms with Crippen LogP contribution in [0, 0.1) is 85.6 Å². The first kappa shape index (κ1) is 81.6. The number of aromatic carboxylic acids is 2. The van der Waals surface area contributed by atoms with E-state index >= 15 is 0 Å². The Morgan fingerprint density at radius 1 is 0.381 bits per heavy atom. The summed E-state index contributed by atoms with van der Waals surface area (Å²) in [5.74, 6) is -4.60. The highest BCUT2D eigenvalue weighted by Crippen LogP contribution is 2.32. The second-order valence-corrected chi connectivity index (χ2v) is 23.9. The zero-order valence-electron chi connectivity index (χ0n) is 57.2. The van der Waals surface area contributed by atoms with Crippen molar-refractivity contribution in [2.45, 2.75) is 55.4 Å². The van der Waals surface area contributed by atoms with Gasteiger partial charge in [-0.05, 0) is 168 Å². The van der Waals surface area contributed by atoms with Crippen molar-refractivity contribution in [3.05, 3.63) is 244 Å². The lowest BCUT2D eigenvalue weighted by Crippen LogP contribution is -2.11. The van der Waals surface area contributed by atoms with Gasteiger partial charge in [0.05, 0.1) is 115 Å². The molecule has 0 radical (unpaired) electrons. The number of carbonyl (C=O) groups excluding carboxylic acids is 6. The van der Waals surface area contributed by atoms with Gasteiger partial charge in [-0.2, -0.15) is 0 Å². The summed E-state index contributed by atoms with van der Waals surface area (Å²) in [4.78, 5) is 141. The third-order valence-corrected chi connectivity index (χ3v) is 15.5. The first-order valence-electron chi connectivity index (χ1n) is 30.2. The maximum Gasteiger partial charge on any atom is 0.339 e. The molecule has 35 nitrogen and oxygen atoms in total. The number of aryl methyl sites for hydroxylation is 6. The number of carboxylic acids is 2. The van der Waals surface area contributed by atoms with Crippen LogP contribution in [0.3, 0.4) is 0 Å². The van der Waals surface area contributed by atoms with Gasteiger partial charge < -0.3 is 84.8 Å². The number of non-ortho nitro benzene ring substituents is 4. The molecule has 36 heteroatoms. The van der Waals surface area contributed by atoms with Crippen molar-refractivity contribution >= 4 is 164 Å². The van der Waals surface area contributed by atoms with Gasteiger partial charge in [0.2, 0.25) is 0 Å². The number of esters is 1. The summed E-state index contributed by atoms with van der Waals surface area (Å²) < 4.78 is 5.55. The van der Waals surface area contributed by atoms with Gasteiger partial charge in [0, 0.05) is 90.3 Å². The molecule has 546 valence electrons. The number of carbonyl (C=O) groups is 8. The fourth-order valence-corrected chi connectivity index (χ4v) is 10.6.